The van der Waals surface area contributed by atoms with Gasteiger partial charge in [0, 0.05) is 26.2 Å². The summed E-state index contributed by atoms with van der Waals surface area (Å²) in [7, 11) is 0. The average Bonchev–Trinajstić information content (AvgIpc) is 2.28. The molecule has 2 amide bonds. The Bertz CT molecular complexity index is 336. The zero-order chi connectivity index (χ0) is 11.6. The second kappa shape index (κ2) is 4.12. The van der Waals surface area contributed by atoms with Gasteiger partial charge in [0.25, 0.3) is 0 Å². The third-order valence-electron chi connectivity index (χ3n) is 3.58. The molecular weight excluding hydrogens is 206 g/mol. The van der Waals surface area contributed by atoms with E-state index in [-0.39, 0.29) is 5.91 Å². The van der Waals surface area contributed by atoms with Crippen LogP contribution in [-0.4, -0.2) is 48.3 Å². The fourth-order valence-corrected chi connectivity index (χ4v) is 2.24. The SMILES string of the molecule is N#CC1(C(=O)N2CCN(C=O)CC2)CCC1. The molecule has 0 aromatic rings. The van der Waals surface area contributed by atoms with Crippen molar-refractivity contribution in [2.45, 2.75) is 19.3 Å². The van der Waals surface area contributed by atoms with Gasteiger partial charge in [-0.3, -0.25) is 9.59 Å². The number of amides is 2. The van der Waals surface area contributed by atoms with Crippen LogP contribution in [0, 0.1) is 16.7 Å². The van der Waals surface area contributed by atoms with Crippen LogP contribution < -0.4 is 0 Å². The van der Waals surface area contributed by atoms with E-state index in [0.717, 1.165) is 12.8 Å². The van der Waals surface area contributed by atoms with Crippen molar-refractivity contribution in [1.29, 1.82) is 5.26 Å². The van der Waals surface area contributed by atoms with E-state index >= 15 is 0 Å². The monoisotopic (exact) mass is 221 g/mol. The first-order chi connectivity index (χ1) is 7.72. The van der Waals surface area contributed by atoms with Crippen LogP contribution in [0.25, 0.3) is 0 Å². The molecule has 2 rings (SSSR count). The summed E-state index contributed by atoms with van der Waals surface area (Å²) < 4.78 is 0. The zero-order valence-corrected chi connectivity index (χ0v) is 9.19. The minimum atomic E-state index is -0.747. The minimum absolute atomic E-state index is 0.0354. The molecule has 0 N–H and O–H groups in total. The first-order valence-electron chi connectivity index (χ1n) is 5.62. The van der Waals surface area contributed by atoms with Crippen LogP contribution >= 0.6 is 0 Å². The van der Waals surface area contributed by atoms with E-state index in [2.05, 4.69) is 6.07 Å². The van der Waals surface area contributed by atoms with Crippen molar-refractivity contribution >= 4 is 12.3 Å². The largest absolute Gasteiger partial charge is 0.342 e. The van der Waals surface area contributed by atoms with Crippen molar-refractivity contribution in [2.24, 2.45) is 5.41 Å². The standard InChI is InChI=1S/C11H15N3O2/c12-8-11(2-1-3-11)10(16)14-6-4-13(9-15)5-7-14/h9H,1-7H2. The van der Waals surface area contributed by atoms with E-state index in [1.54, 1.807) is 9.80 Å². The molecule has 1 heterocycles. The summed E-state index contributed by atoms with van der Waals surface area (Å²) in [5.74, 6) is -0.0354. The second-order valence-electron chi connectivity index (χ2n) is 4.48. The molecule has 0 atom stereocenters. The number of nitrogens with zero attached hydrogens (tertiary/aromatic N) is 3. The Labute approximate surface area is 94.6 Å². The lowest BCUT2D eigenvalue weighted by molar-refractivity contribution is -0.145. The second-order valence-corrected chi connectivity index (χ2v) is 4.48. The number of carbonyl (C=O) groups is 2. The topological polar surface area (TPSA) is 64.4 Å². The van der Waals surface area contributed by atoms with Gasteiger partial charge in [0.1, 0.15) is 5.41 Å². The highest BCUT2D eigenvalue weighted by molar-refractivity contribution is 5.86. The fraction of sp³-hybridized carbons (Fsp3) is 0.727. The van der Waals surface area contributed by atoms with Gasteiger partial charge in [-0.1, -0.05) is 0 Å². The molecule has 1 saturated heterocycles. The van der Waals surface area contributed by atoms with Crippen LogP contribution in [-0.2, 0) is 9.59 Å². The van der Waals surface area contributed by atoms with E-state index < -0.39 is 5.41 Å². The van der Waals surface area contributed by atoms with Crippen LogP contribution in [0.1, 0.15) is 19.3 Å². The van der Waals surface area contributed by atoms with Crippen molar-refractivity contribution in [1.82, 2.24) is 9.80 Å². The molecule has 16 heavy (non-hydrogen) atoms. The van der Waals surface area contributed by atoms with Gasteiger partial charge >= 0.3 is 0 Å². The summed E-state index contributed by atoms with van der Waals surface area (Å²) >= 11 is 0. The van der Waals surface area contributed by atoms with Crippen molar-refractivity contribution in [3.63, 3.8) is 0 Å². The van der Waals surface area contributed by atoms with Crippen molar-refractivity contribution in [2.75, 3.05) is 26.2 Å². The molecule has 0 aromatic heterocycles. The lowest BCUT2D eigenvalue weighted by atomic mass is 9.69. The maximum atomic E-state index is 12.1. The molecule has 5 heteroatoms. The predicted molar refractivity (Wildman–Crippen MR) is 56.1 cm³/mol. The molecule has 1 saturated carbocycles. The van der Waals surface area contributed by atoms with Crippen molar-refractivity contribution in [3.8, 4) is 6.07 Å². The Hall–Kier alpha value is -1.57. The van der Waals surface area contributed by atoms with Gasteiger partial charge in [0.05, 0.1) is 6.07 Å². The molecule has 86 valence electrons. The molecular formula is C11H15N3O2. The van der Waals surface area contributed by atoms with Gasteiger partial charge in [-0.2, -0.15) is 5.26 Å². The Kier molecular flexibility index (Phi) is 2.82. The summed E-state index contributed by atoms with van der Waals surface area (Å²) in [6, 6.07) is 2.16. The van der Waals surface area contributed by atoms with E-state index in [1.165, 1.54) is 0 Å². The molecule has 2 aliphatic rings. The highest BCUT2D eigenvalue weighted by Crippen LogP contribution is 2.41. The summed E-state index contributed by atoms with van der Waals surface area (Å²) in [4.78, 5) is 26.0. The van der Waals surface area contributed by atoms with E-state index in [4.69, 9.17) is 5.26 Å². The molecule has 2 fully saturated rings. The van der Waals surface area contributed by atoms with E-state index in [9.17, 15) is 9.59 Å². The van der Waals surface area contributed by atoms with Crippen LogP contribution in [0.15, 0.2) is 0 Å². The highest BCUT2D eigenvalue weighted by Gasteiger charge is 2.47. The maximum absolute atomic E-state index is 12.1. The fourth-order valence-electron chi connectivity index (χ4n) is 2.24. The van der Waals surface area contributed by atoms with Gasteiger partial charge in [-0.25, -0.2) is 0 Å². The van der Waals surface area contributed by atoms with E-state index in [0.29, 0.717) is 39.0 Å². The van der Waals surface area contributed by atoms with Crippen LogP contribution in [0.5, 0.6) is 0 Å². The first kappa shape index (κ1) is 10.9. The lowest BCUT2D eigenvalue weighted by Crippen LogP contribution is -2.54. The molecule has 0 radical (unpaired) electrons. The highest BCUT2D eigenvalue weighted by atomic mass is 16.2. The normalized spacial score (nSPS) is 23.2. The van der Waals surface area contributed by atoms with Gasteiger partial charge in [0.2, 0.25) is 12.3 Å². The average molecular weight is 221 g/mol. The molecule has 1 aliphatic carbocycles. The minimum Gasteiger partial charge on any atom is -0.342 e. The van der Waals surface area contributed by atoms with Gasteiger partial charge in [-0.15, -0.1) is 0 Å². The van der Waals surface area contributed by atoms with Crippen LogP contribution in [0.3, 0.4) is 0 Å². The third kappa shape index (κ3) is 1.64. The zero-order valence-electron chi connectivity index (χ0n) is 9.19. The number of piperazine rings is 1. The molecule has 0 spiro atoms. The van der Waals surface area contributed by atoms with Gasteiger partial charge in [-0.05, 0) is 19.3 Å². The Morgan fingerprint density at radius 2 is 1.88 bits per heavy atom. The summed E-state index contributed by atoms with van der Waals surface area (Å²) in [5.41, 5.74) is -0.747. The molecule has 0 aromatic carbocycles. The van der Waals surface area contributed by atoms with Crippen LogP contribution in [0.2, 0.25) is 0 Å². The van der Waals surface area contributed by atoms with Crippen LogP contribution in [0.4, 0.5) is 0 Å². The van der Waals surface area contributed by atoms with Crippen molar-refractivity contribution < 1.29 is 9.59 Å². The van der Waals surface area contributed by atoms with Crippen molar-refractivity contribution in [3.05, 3.63) is 0 Å². The Balaban J connectivity index is 1.97. The lowest BCUT2D eigenvalue weighted by Gasteiger charge is -2.41. The van der Waals surface area contributed by atoms with E-state index in [1.807, 2.05) is 0 Å². The molecule has 0 unspecified atom stereocenters. The number of carbonyl (C=O) groups excluding carboxylic acids is 2. The van der Waals surface area contributed by atoms with Gasteiger partial charge < -0.3 is 9.80 Å². The number of hydrogen-bond acceptors (Lipinski definition) is 3. The molecule has 0 bridgehead atoms. The van der Waals surface area contributed by atoms with Gasteiger partial charge in [0.15, 0.2) is 0 Å². The maximum Gasteiger partial charge on any atom is 0.243 e. The summed E-state index contributed by atoms with van der Waals surface area (Å²) in [6.45, 7) is 2.27. The summed E-state index contributed by atoms with van der Waals surface area (Å²) in [5, 5.41) is 9.07. The summed E-state index contributed by atoms with van der Waals surface area (Å²) in [6.07, 6.45) is 3.16. The first-order valence-corrected chi connectivity index (χ1v) is 5.62. The smallest absolute Gasteiger partial charge is 0.243 e. The third-order valence-corrected chi connectivity index (χ3v) is 3.58. The number of rotatable bonds is 2. The molecule has 5 nitrogen and oxygen atoms in total. The molecule has 1 aliphatic heterocycles. The Morgan fingerprint density at radius 1 is 1.25 bits per heavy atom. The Morgan fingerprint density at radius 3 is 2.25 bits per heavy atom. The number of nitriles is 1. The quantitative estimate of drug-likeness (QED) is 0.616. The number of hydrogen-bond donors (Lipinski definition) is 0. The predicted octanol–water partition coefficient (Wildman–Crippen LogP) is -0.0191.